The van der Waals surface area contributed by atoms with Crippen molar-refractivity contribution in [3.8, 4) is 0 Å². The molecular weight excluding hydrogens is 383 g/mol. The number of nitrogens with one attached hydrogen (secondary N) is 1. The largest absolute Gasteiger partial charge is 0.344 e. The molecule has 1 N–H and O–H groups in total. The maximum atomic E-state index is 12.8. The van der Waals surface area contributed by atoms with E-state index in [1.54, 1.807) is 15.9 Å². The van der Waals surface area contributed by atoms with Crippen molar-refractivity contribution >= 4 is 57.8 Å². The lowest BCUT2D eigenvalue weighted by atomic mass is 9.81. The first kappa shape index (κ1) is 16.6. The van der Waals surface area contributed by atoms with Gasteiger partial charge in [-0.05, 0) is 30.2 Å². The predicted octanol–water partition coefficient (Wildman–Crippen LogP) is 3.60. The Kier molecular flexibility index (Phi) is 4.10. The van der Waals surface area contributed by atoms with Crippen LogP contribution < -0.4 is 10.2 Å². The van der Waals surface area contributed by atoms with E-state index in [4.69, 9.17) is 23.2 Å². The van der Waals surface area contributed by atoms with Gasteiger partial charge in [0.15, 0.2) is 5.13 Å². The number of aromatic nitrogens is 1. The molecule has 0 saturated carbocycles. The molecule has 3 amide bonds. The Bertz CT molecular complexity index is 858. The summed E-state index contributed by atoms with van der Waals surface area (Å²) in [4.78, 5) is 31.5. The SMILES string of the molecule is O=CN1CC[C@@]2(C1)CN(C(=O)Nc1ncc(Cl)s1)c1ccc(Cl)cc12. The Morgan fingerprint density at radius 1 is 1.36 bits per heavy atom. The van der Waals surface area contributed by atoms with Gasteiger partial charge in [-0.15, -0.1) is 0 Å². The van der Waals surface area contributed by atoms with Gasteiger partial charge in [0, 0.05) is 35.8 Å². The molecule has 2 aliphatic heterocycles. The highest BCUT2D eigenvalue weighted by molar-refractivity contribution is 7.19. The Morgan fingerprint density at radius 2 is 2.20 bits per heavy atom. The molecule has 9 heteroatoms. The Labute approximate surface area is 158 Å². The standard InChI is InChI=1S/C16H14Cl2N4O2S/c17-10-1-2-12-11(5-10)16(3-4-21(7-16)9-23)8-22(12)15(24)20-14-19-6-13(18)25-14/h1-2,5-6,9H,3-4,7-8H2,(H,19,20,24)/t16-/m1/s1. The van der Waals surface area contributed by atoms with Crippen molar-refractivity contribution in [1.29, 1.82) is 0 Å². The average Bonchev–Trinajstić information content (AvgIpc) is 3.27. The number of hydrogen-bond acceptors (Lipinski definition) is 4. The van der Waals surface area contributed by atoms with Crippen LogP contribution in [0, 0.1) is 0 Å². The lowest BCUT2D eigenvalue weighted by Gasteiger charge is -2.24. The third-order valence-corrected chi connectivity index (χ3v) is 6.02. The maximum absolute atomic E-state index is 12.8. The lowest BCUT2D eigenvalue weighted by molar-refractivity contribution is -0.117. The molecule has 2 aliphatic rings. The first-order valence-corrected chi connectivity index (χ1v) is 9.27. The van der Waals surface area contributed by atoms with Gasteiger partial charge in [0.2, 0.25) is 6.41 Å². The van der Waals surface area contributed by atoms with Crippen LogP contribution in [0.4, 0.5) is 15.6 Å². The fourth-order valence-electron chi connectivity index (χ4n) is 3.64. The number of carbonyl (C=O) groups is 2. The first-order valence-electron chi connectivity index (χ1n) is 7.70. The summed E-state index contributed by atoms with van der Waals surface area (Å²) in [6, 6.07) is 5.26. The molecule has 25 heavy (non-hydrogen) atoms. The van der Waals surface area contributed by atoms with Gasteiger partial charge in [0.1, 0.15) is 4.34 Å². The molecular formula is C16H14Cl2N4O2S. The maximum Gasteiger partial charge on any atom is 0.328 e. The molecule has 1 spiro atoms. The number of benzene rings is 1. The van der Waals surface area contributed by atoms with Gasteiger partial charge < -0.3 is 4.90 Å². The smallest absolute Gasteiger partial charge is 0.328 e. The van der Waals surface area contributed by atoms with Crippen molar-refractivity contribution in [1.82, 2.24) is 9.88 Å². The molecule has 2 aromatic rings. The lowest BCUT2D eigenvalue weighted by Crippen LogP contribution is -2.40. The molecule has 1 saturated heterocycles. The van der Waals surface area contributed by atoms with Crippen molar-refractivity contribution in [2.24, 2.45) is 0 Å². The Morgan fingerprint density at radius 3 is 2.88 bits per heavy atom. The van der Waals surface area contributed by atoms with E-state index in [1.165, 1.54) is 17.5 Å². The molecule has 1 aromatic carbocycles. The van der Waals surface area contributed by atoms with Crippen LogP contribution in [-0.4, -0.2) is 42.0 Å². The van der Waals surface area contributed by atoms with E-state index < -0.39 is 0 Å². The number of likely N-dealkylation sites (tertiary alicyclic amines) is 1. The molecule has 130 valence electrons. The van der Waals surface area contributed by atoms with Gasteiger partial charge in [-0.3, -0.25) is 15.0 Å². The fourth-order valence-corrected chi connectivity index (χ4v) is 4.61. The summed E-state index contributed by atoms with van der Waals surface area (Å²) < 4.78 is 0.512. The van der Waals surface area contributed by atoms with Gasteiger partial charge in [0.25, 0.3) is 0 Å². The number of carbonyl (C=O) groups excluding carboxylic acids is 2. The Balaban J connectivity index is 1.66. The molecule has 0 bridgehead atoms. The molecule has 1 atom stereocenters. The van der Waals surface area contributed by atoms with Gasteiger partial charge in [-0.2, -0.15) is 0 Å². The number of hydrogen-bond donors (Lipinski definition) is 1. The van der Waals surface area contributed by atoms with Crippen LogP contribution >= 0.6 is 34.5 Å². The van der Waals surface area contributed by atoms with Crippen LogP contribution in [0.3, 0.4) is 0 Å². The molecule has 1 fully saturated rings. The highest BCUT2D eigenvalue weighted by Crippen LogP contribution is 2.47. The van der Waals surface area contributed by atoms with Gasteiger partial charge in [-0.25, -0.2) is 9.78 Å². The number of urea groups is 1. The zero-order valence-electron chi connectivity index (χ0n) is 13.0. The minimum Gasteiger partial charge on any atom is -0.344 e. The summed E-state index contributed by atoms with van der Waals surface area (Å²) in [5.41, 5.74) is 1.55. The number of thiazole rings is 1. The van der Waals surface area contributed by atoms with E-state index in [0.29, 0.717) is 34.1 Å². The van der Waals surface area contributed by atoms with Crippen molar-refractivity contribution in [2.45, 2.75) is 11.8 Å². The summed E-state index contributed by atoms with van der Waals surface area (Å²) in [6.45, 7) is 1.75. The highest BCUT2D eigenvalue weighted by atomic mass is 35.5. The summed E-state index contributed by atoms with van der Waals surface area (Å²) >= 11 is 13.3. The molecule has 0 radical (unpaired) electrons. The van der Waals surface area contributed by atoms with Gasteiger partial charge in [0.05, 0.1) is 6.20 Å². The van der Waals surface area contributed by atoms with Crippen LogP contribution in [0.2, 0.25) is 9.36 Å². The molecule has 1 aromatic heterocycles. The summed E-state index contributed by atoms with van der Waals surface area (Å²) in [5, 5.41) is 3.86. The second-order valence-corrected chi connectivity index (χ2v) is 8.35. The zero-order valence-corrected chi connectivity index (χ0v) is 15.4. The molecule has 0 aliphatic carbocycles. The second-order valence-electron chi connectivity index (χ2n) is 6.25. The van der Waals surface area contributed by atoms with Gasteiger partial charge in [-0.1, -0.05) is 34.5 Å². The van der Waals surface area contributed by atoms with Crippen molar-refractivity contribution < 1.29 is 9.59 Å². The number of halogens is 2. The molecule has 3 heterocycles. The fraction of sp³-hybridized carbons (Fsp3) is 0.312. The van der Waals surface area contributed by atoms with Crippen molar-refractivity contribution in [3.63, 3.8) is 0 Å². The van der Waals surface area contributed by atoms with E-state index >= 15 is 0 Å². The topological polar surface area (TPSA) is 65.5 Å². The number of amides is 3. The van der Waals surface area contributed by atoms with Gasteiger partial charge >= 0.3 is 6.03 Å². The third kappa shape index (κ3) is 2.86. The van der Waals surface area contributed by atoms with Crippen molar-refractivity contribution in [2.75, 3.05) is 29.9 Å². The van der Waals surface area contributed by atoms with Crippen LogP contribution in [0.15, 0.2) is 24.4 Å². The number of nitrogens with zero attached hydrogens (tertiary/aromatic N) is 3. The van der Waals surface area contributed by atoms with Crippen LogP contribution in [0.1, 0.15) is 12.0 Å². The zero-order chi connectivity index (χ0) is 17.6. The number of rotatable bonds is 2. The van der Waals surface area contributed by atoms with E-state index in [9.17, 15) is 9.59 Å². The molecule has 6 nitrogen and oxygen atoms in total. The Hall–Kier alpha value is -1.83. The summed E-state index contributed by atoms with van der Waals surface area (Å²) in [7, 11) is 0. The third-order valence-electron chi connectivity index (χ3n) is 4.75. The minimum atomic E-state index is -0.279. The van der Waals surface area contributed by atoms with Crippen LogP contribution in [-0.2, 0) is 10.2 Å². The normalized spacial score (nSPS) is 21.7. The van der Waals surface area contributed by atoms with E-state index in [2.05, 4.69) is 10.3 Å². The van der Waals surface area contributed by atoms with Crippen LogP contribution in [0.25, 0.3) is 0 Å². The number of anilines is 2. The second kappa shape index (κ2) is 6.16. The van der Waals surface area contributed by atoms with Crippen LogP contribution in [0.5, 0.6) is 0 Å². The summed E-state index contributed by atoms with van der Waals surface area (Å²) in [5.74, 6) is 0. The molecule has 0 unspecified atom stereocenters. The summed E-state index contributed by atoms with van der Waals surface area (Å²) in [6.07, 6.45) is 3.16. The predicted molar refractivity (Wildman–Crippen MR) is 98.9 cm³/mol. The highest BCUT2D eigenvalue weighted by Gasteiger charge is 2.48. The first-order chi connectivity index (χ1) is 12.0. The number of fused-ring (bicyclic) bond motifs is 2. The van der Waals surface area contributed by atoms with E-state index in [1.807, 2.05) is 12.1 Å². The monoisotopic (exact) mass is 396 g/mol. The molecule has 4 rings (SSSR count). The quantitative estimate of drug-likeness (QED) is 0.788. The van der Waals surface area contributed by atoms with Crippen molar-refractivity contribution in [3.05, 3.63) is 39.3 Å². The van der Waals surface area contributed by atoms with E-state index in [0.717, 1.165) is 24.1 Å². The minimum absolute atomic E-state index is 0.268. The average molecular weight is 397 g/mol. The van der Waals surface area contributed by atoms with E-state index in [-0.39, 0.29) is 11.4 Å².